The van der Waals surface area contributed by atoms with Crippen LogP contribution in [0.15, 0.2) is 72.8 Å². The summed E-state index contributed by atoms with van der Waals surface area (Å²) in [5.41, 5.74) is 7.86. The fourth-order valence-electron chi connectivity index (χ4n) is 6.53. The summed E-state index contributed by atoms with van der Waals surface area (Å²) < 4.78 is 40.1. The van der Waals surface area contributed by atoms with E-state index in [9.17, 15) is 28.0 Å². The van der Waals surface area contributed by atoms with E-state index >= 15 is 0 Å². The number of carbonyl (C=O) groups is 2. The smallest absolute Gasteiger partial charge is 0.322 e. The van der Waals surface area contributed by atoms with Crippen molar-refractivity contribution in [2.24, 2.45) is 0 Å². The lowest BCUT2D eigenvalue weighted by atomic mass is 9.94. The maximum atomic E-state index is 13.4. The molecule has 0 aromatic heterocycles. The second-order valence-corrected chi connectivity index (χ2v) is 13.6. The summed E-state index contributed by atoms with van der Waals surface area (Å²) in [4.78, 5) is 29.5. The van der Waals surface area contributed by atoms with Crippen molar-refractivity contribution in [3.8, 4) is 6.07 Å². The van der Waals surface area contributed by atoms with E-state index in [2.05, 4.69) is 45.7 Å². The zero-order chi connectivity index (χ0) is 36.9. The van der Waals surface area contributed by atoms with Gasteiger partial charge in [0, 0.05) is 48.7 Å². The minimum absolute atomic E-state index is 0. The molecule has 2 aliphatic rings. The first-order valence-corrected chi connectivity index (χ1v) is 17.2. The Morgan fingerprint density at radius 3 is 1.70 bits per heavy atom. The summed E-state index contributed by atoms with van der Waals surface area (Å²) in [6, 6.07) is 23.0. The average Bonchev–Trinajstić information content (AvgIpc) is 3.10. The quantitative estimate of drug-likeness (QED) is 0.204. The van der Waals surface area contributed by atoms with Crippen molar-refractivity contribution in [2.45, 2.75) is 65.2 Å². The minimum atomic E-state index is -4.49. The summed E-state index contributed by atoms with van der Waals surface area (Å²) in [5, 5.41) is 14.9. The van der Waals surface area contributed by atoms with Gasteiger partial charge in [0.2, 0.25) is 0 Å². The number of hydrogen-bond acceptors (Lipinski definition) is 5. The molecule has 2 amide bonds. The average molecular weight is 769 g/mol. The Morgan fingerprint density at radius 2 is 1.25 bits per heavy atom. The Labute approximate surface area is 322 Å². The first-order chi connectivity index (χ1) is 24.2. The molecule has 0 radical (unpaired) electrons. The van der Waals surface area contributed by atoms with Gasteiger partial charge in [-0.1, -0.05) is 45.0 Å². The van der Waals surface area contributed by atoms with Gasteiger partial charge in [0.15, 0.2) is 0 Å². The number of likely N-dealkylation sites (N-methyl/N-ethyl adjacent to an activating group) is 2. The van der Waals surface area contributed by atoms with Crippen LogP contribution in [0.25, 0.3) is 0 Å². The highest BCUT2D eigenvalue weighted by atomic mass is 35.5. The lowest BCUT2D eigenvalue weighted by Crippen LogP contribution is -2.26. The van der Waals surface area contributed by atoms with Gasteiger partial charge in [0.25, 0.3) is 11.8 Å². The number of rotatable bonds is 6. The van der Waals surface area contributed by atoms with Crippen LogP contribution in [0.2, 0.25) is 0 Å². The second kappa shape index (κ2) is 18.6. The van der Waals surface area contributed by atoms with Crippen molar-refractivity contribution in [3.05, 3.63) is 128 Å². The van der Waals surface area contributed by atoms with Gasteiger partial charge in [0.05, 0.1) is 17.2 Å². The van der Waals surface area contributed by atoms with Gasteiger partial charge in [0.1, 0.15) is 0 Å². The third-order valence-corrected chi connectivity index (χ3v) is 9.45. The van der Waals surface area contributed by atoms with Crippen molar-refractivity contribution < 1.29 is 22.8 Å². The third-order valence-electron chi connectivity index (χ3n) is 9.45. The second-order valence-electron chi connectivity index (χ2n) is 13.6. The van der Waals surface area contributed by atoms with E-state index in [-0.39, 0.29) is 47.8 Å². The van der Waals surface area contributed by atoms with Gasteiger partial charge in [-0.15, -0.1) is 24.8 Å². The van der Waals surface area contributed by atoms with Crippen molar-refractivity contribution >= 4 is 48.0 Å². The van der Waals surface area contributed by atoms with Gasteiger partial charge in [-0.3, -0.25) is 9.59 Å². The molecule has 0 unspecified atom stereocenters. The molecule has 0 bridgehead atoms. The zero-order valence-corrected chi connectivity index (χ0v) is 32.2. The Bertz CT molecular complexity index is 1980. The highest BCUT2D eigenvalue weighted by molar-refractivity contribution is 6.05. The van der Waals surface area contributed by atoms with E-state index in [1.807, 2.05) is 38.2 Å². The molecule has 0 aliphatic carbocycles. The molecule has 2 aliphatic heterocycles. The number of hydrogen-bond donors (Lipinski definition) is 2. The molecule has 4 aromatic carbocycles. The molecule has 0 saturated heterocycles. The van der Waals surface area contributed by atoms with Crippen LogP contribution in [0.1, 0.15) is 91.9 Å². The fraction of sp³-hybridized carbons (Fsp3) is 0.341. The van der Waals surface area contributed by atoms with Crippen LogP contribution >= 0.6 is 24.8 Å². The van der Waals surface area contributed by atoms with Crippen LogP contribution in [0.5, 0.6) is 0 Å². The first-order valence-electron chi connectivity index (χ1n) is 17.2. The number of nitriles is 1. The van der Waals surface area contributed by atoms with Crippen molar-refractivity contribution in [3.63, 3.8) is 0 Å². The molecule has 0 atom stereocenters. The molecule has 0 spiro atoms. The molecule has 0 saturated carbocycles. The minimum Gasteiger partial charge on any atom is -0.322 e. The van der Waals surface area contributed by atoms with Crippen LogP contribution < -0.4 is 10.6 Å². The maximum absolute atomic E-state index is 13.4. The van der Waals surface area contributed by atoms with Gasteiger partial charge < -0.3 is 20.4 Å². The predicted octanol–water partition coefficient (Wildman–Crippen LogP) is 9.27. The molecule has 12 heteroatoms. The number of carbonyl (C=O) groups excluding carboxylic acids is 2. The topological polar surface area (TPSA) is 88.5 Å². The standard InChI is InChI=1S/C21H23F3N2O.C20H21N3O.2ClH/c1-13(2)18-7-5-15(11-19(18)21(22,23)24)20(27)25-17-6-4-14-8-9-26(3)12-16(14)10-17;1-3-14-4-5-16(10-17(14)12-21)20(24)22-19-7-6-15-8-9-23(2)13-18(15)11-19;;/h4-7,10-11,13H,8-9,12H2,1-3H3,(H,25,27);4-7,10-11H,3,8-9,13H2,1-2H3,(H,22,24);2*1H. The highest BCUT2D eigenvalue weighted by Gasteiger charge is 2.34. The van der Waals surface area contributed by atoms with Crippen LogP contribution in [0.3, 0.4) is 0 Å². The lowest BCUT2D eigenvalue weighted by molar-refractivity contribution is -0.138. The van der Waals surface area contributed by atoms with Crippen molar-refractivity contribution in [1.82, 2.24) is 9.80 Å². The third kappa shape index (κ3) is 10.8. The Balaban J connectivity index is 0.000000277. The number of nitrogens with zero attached hydrogens (tertiary/aromatic N) is 3. The van der Waals surface area contributed by atoms with Gasteiger partial charge in [-0.25, -0.2) is 0 Å². The zero-order valence-electron chi connectivity index (χ0n) is 30.6. The van der Waals surface area contributed by atoms with Crippen molar-refractivity contribution in [1.29, 1.82) is 5.26 Å². The molecular formula is C41H46Cl2F3N5O2. The van der Waals surface area contributed by atoms with Crippen LogP contribution in [-0.2, 0) is 38.5 Å². The Hall–Kier alpha value is -4.40. The monoisotopic (exact) mass is 767 g/mol. The van der Waals surface area contributed by atoms with E-state index in [0.717, 1.165) is 68.3 Å². The largest absolute Gasteiger partial charge is 0.416 e. The molecule has 6 rings (SSSR count). The van der Waals surface area contributed by atoms with Crippen LogP contribution in [-0.4, -0.2) is 48.8 Å². The number of fused-ring (bicyclic) bond motifs is 2. The van der Waals surface area contributed by atoms with Gasteiger partial charge in [-0.05, 0) is 121 Å². The summed E-state index contributed by atoms with van der Waals surface area (Å²) >= 11 is 0. The molecule has 53 heavy (non-hydrogen) atoms. The SMILES string of the molecule is CC(C)c1ccc(C(=O)Nc2ccc3c(c2)CN(C)CC3)cc1C(F)(F)F.CCc1ccc(C(=O)Nc2ccc3c(c2)CN(C)CC3)cc1C#N.Cl.Cl. The summed E-state index contributed by atoms with van der Waals surface area (Å²) in [7, 11) is 4.13. The number of nitrogens with one attached hydrogen (secondary N) is 2. The maximum Gasteiger partial charge on any atom is 0.416 e. The summed E-state index contributed by atoms with van der Waals surface area (Å²) in [5.74, 6) is -1.01. The Morgan fingerprint density at radius 1 is 0.755 bits per heavy atom. The highest BCUT2D eigenvalue weighted by Crippen LogP contribution is 2.36. The van der Waals surface area contributed by atoms with Crippen LogP contribution in [0, 0.1) is 11.3 Å². The van der Waals surface area contributed by atoms with Gasteiger partial charge >= 0.3 is 6.18 Å². The number of halogens is 5. The predicted molar refractivity (Wildman–Crippen MR) is 209 cm³/mol. The number of amides is 2. The molecule has 282 valence electrons. The number of anilines is 2. The molecule has 2 heterocycles. The van der Waals surface area contributed by atoms with Crippen LogP contribution in [0.4, 0.5) is 24.5 Å². The fourth-order valence-corrected chi connectivity index (χ4v) is 6.53. The van der Waals surface area contributed by atoms with E-state index in [1.165, 1.54) is 28.8 Å². The van der Waals surface area contributed by atoms with E-state index in [4.69, 9.17) is 0 Å². The molecule has 2 N–H and O–H groups in total. The van der Waals surface area contributed by atoms with Crippen molar-refractivity contribution in [2.75, 3.05) is 37.8 Å². The molecular weight excluding hydrogens is 722 g/mol. The molecule has 7 nitrogen and oxygen atoms in total. The first kappa shape index (κ1) is 43.0. The molecule has 4 aromatic rings. The number of benzene rings is 4. The number of alkyl halides is 3. The number of aryl methyl sites for hydroxylation is 1. The van der Waals surface area contributed by atoms with E-state index < -0.39 is 17.6 Å². The molecule has 0 fully saturated rings. The lowest BCUT2D eigenvalue weighted by Gasteiger charge is -2.25. The van der Waals surface area contributed by atoms with E-state index in [1.54, 1.807) is 32.0 Å². The normalized spacial score (nSPS) is 13.9. The Kier molecular flexibility index (Phi) is 15.1. The summed E-state index contributed by atoms with van der Waals surface area (Å²) in [6.45, 7) is 9.16. The van der Waals surface area contributed by atoms with E-state index in [0.29, 0.717) is 16.8 Å². The van der Waals surface area contributed by atoms with Gasteiger partial charge in [-0.2, -0.15) is 18.4 Å². The summed E-state index contributed by atoms with van der Waals surface area (Å²) in [6.07, 6.45) is -1.72.